The van der Waals surface area contributed by atoms with Crippen molar-refractivity contribution < 1.29 is 19.1 Å². The van der Waals surface area contributed by atoms with E-state index < -0.39 is 11.2 Å². The van der Waals surface area contributed by atoms with Crippen molar-refractivity contribution in [2.45, 2.75) is 104 Å². The lowest BCUT2D eigenvalue weighted by atomic mass is 9.62. The highest BCUT2D eigenvalue weighted by Crippen LogP contribution is 2.45. The highest BCUT2D eigenvalue weighted by atomic mass is 16.5. The molecule has 29 heavy (non-hydrogen) atoms. The first-order valence-corrected chi connectivity index (χ1v) is 11.0. The van der Waals surface area contributed by atoms with Crippen LogP contribution in [0, 0.1) is 10.8 Å². The average molecular weight is 413 g/mol. The fraction of sp³-hybridized carbons (Fsp3) is 0.913. The Morgan fingerprint density at radius 2 is 1.79 bits per heavy atom. The largest absolute Gasteiger partial charge is 0.462 e. The van der Waals surface area contributed by atoms with E-state index in [1.54, 1.807) is 0 Å². The van der Waals surface area contributed by atoms with Crippen molar-refractivity contribution in [2.75, 3.05) is 20.2 Å². The molecule has 0 radical (unpaired) electrons. The van der Waals surface area contributed by atoms with Gasteiger partial charge in [0.15, 0.2) is 0 Å². The van der Waals surface area contributed by atoms with Crippen LogP contribution in [-0.2, 0) is 19.1 Å². The lowest BCUT2D eigenvalue weighted by molar-refractivity contribution is -0.145. The summed E-state index contributed by atoms with van der Waals surface area (Å²) in [4.78, 5) is 23.4. The lowest BCUT2D eigenvalue weighted by Crippen LogP contribution is -2.54. The van der Waals surface area contributed by atoms with Crippen LogP contribution in [0.3, 0.4) is 0 Å². The monoisotopic (exact) mass is 412 g/mol. The van der Waals surface area contributed by atoms with Crippen LogP contribution in [0.15, 0.2) is 0 Å². The van der Waals surface area contributed by atoms with Crippen LogP contribution in [0.5, 0.6) is 0 Å². The zero-order valence-corrected chi connectivity index (χ0v) is 19.9. The van der Waals surface area contributed by atoms with Crippen LogP contribution in [-0.4, -0.2) is 49.8 Å². The number of nitrogens with one attached hydrogen (secondary N) is 2. The molecular weight excluding hydrogens is 368 g/mol. The Morgan fingerprint density at radius 3 is 2.38 bits per heavy atom. The molecule has 6 heteroatoms. The number of unbranched alkanes of at least 4 members (excludes halogenated alkanes) is 1. The normalized spacial score (nSPS) is 24.8. The molecule has 1 saturated carbocycles. The highest BCUT2D eigenvalue weighted by molar-refractivity contribution is 5.84. The van der Waals surface area contributed by atoms with Gasteiger partial charge in [-0.25, -0.2) is 0 Å². The van der Waals surface area contributed by atoms with E-state index in [-0.39, 0.29) is 22.8 Å². The Bertz CT molecular complexity index is 545. The number of carbonyl (C=O) groups excluding carboxylic acids is 2. The van der Waals surface area contributed by atoms with Crippen LogP contribution in [0.1, 0.15) is 87.0 Å². The first-order valence-electron chi connectivity index (χ1n) is 11.0. The SMILES string of the molecule is CNCC1(C)CC(NC(=O)C(C)(C)OCCCCC(C)(C)OC=O)CC(C)(C)C1. The van der Waals surface area contributed by atoms with Crippen LogP contribution in [0.25, 0.3) is 0 Å². The molecule has 0 spiro atoms. The smallest absolute Gasteiger partial charge is 0.293 e. The maximum Gasteiger partial charge on any atom is 0.293 e. The maximum atomic E-state index is 12.9. The fourth-order valence-corrected chi connectivity index (χ4v) is 4.89. The lowest BCUT2D eigenvalue weighted by Gasteiger charge is -2.47. The molecule has 0 aromatic rings. The Labute approximate surface area is 177 Å². The molecule has 0 aliphatic heterocycles. The molecule has 1 rings (SSSR count). The molecule has 1 aliphatic rings. The van der Waals surface area contributed by atoms with Crippen molar-refractivity contribution in [3.8, 4) is 0 Å². The average Bonchev–Trinajstić information content (AvgIpc) is 2.52. The second-order valence-electron chi connectivity index (χ2n) is 11.1. The summed E-state index contributed by atoms with van der Waals surface area (Å²) in [5.74, 6) is -0.0448. The first kappa shape index (κ1) is 25.9. The molecule has 2 atom stereocenters. The Hall–Kier alpha value is -1.14. The van der Waals surface area contributed by atoms with Gasteiger partial charge in [-0.1, -0.05) is 20.8 Å². The molecule has 6 nitrogen and oxygen atoms in total. The molecule has 170 valence electrons. The second kappa shape index (κ2) is 10.3. The van der Waals surface area contributed by atoms with Crippen LogP contribution >= 0.6 is 0 Å². The fourth-order valence-electron chi connectivity index (χ4n) is 4.89. The van der Waals surface area contributed by atoms with Crippen LogP contribution in [0.4, 0.5) is 0 Å². The molecule has 0 saturated heterocycles. The topological polar surface area (TPSA) is 76.7 Å². The third-order valence-electron chi connectivity index (χ3n) is 5.93. The van der Waals surface area contributed by atoms with Crippen molar-refractivity contribution in [1.29, 1.82) is 0 Å². The summed E-state index contributed by atoms with van der Waals surface area (Å²) < 4.78 is 11.0. The van der Waals surface area contributed by atoms with E-state index in [4.69, 9.17) is 9.47 Å². The van der Waals surface area contributed by atoms with Crippen LogP contribution in [0.2, 0.25) is 0 Å². The van der Waals surface area contributed by atoms with Gasteiger partial charge < -0.3 is 20.1 Å². The van der Waals surface area contributed by atoms with Gasteiger partial charge >= 0.3 is 0 Å². The number of carbonyl (C=O) groups is 2. The third-order valence-corrected chi connectivity index (χ3v) is 5.93. The molecule has 1 aliphatic carbocycles. The minimum Gasteiger partial charge on any atom is -0.462 e. The summed E-state index contributed by atoms with van der Waals surface area (Å²) in [6, 6.07) is 0.161. The van der Waals surface area contributed by atoms with Gasteiger partial charge in [-0.2, -0.15) is 0 Å². The summed E-state index contributed by atoms with van der Waals surface area (Å²) in [6.07, 6.45) is 5.57. The molecule has 1 amide bonds. The van der Waals surface area contributed by atoms with Gasteiger partial charge in [-0.15, -0.1) is 0 Å². The molecule has 2 N–H and O–H groups in total. The van der Waals surface area contributed by atoms with Gasteiger partial charge in [0.2, 0.25) is 0 Å². The zero-order valence-electron chi connectivity index (χ0n) is 19.9. The van der Waals surface area contributed by atoms with Gasteiger partial charge in [0, 0.05) is 19.2 Å². The minimum absolute atomic E-state index is 0.0448. The third kappa shape index (κ3) is 9.04. The Kier molecular flexibility index (Phi) is 9.15. The highest BCUT2D eigenvalue weighted by Gasteiger charge is 2.42. The van der Waals surface area contributed by atoms with Crippen molar-refractivity contribution in [3.63, 3.8) is 0 Å². The van der Waals surface area contributed by atoms with E-state index in [0.29, 0.717) is 13.1 Å². The summed E-state index contributed by atoms with van der Waals surface area (Å²) in [7, 11) is 1.99. The predicted octanol–water partition coefficient (Wildman–Crippen LogP) is 3.82. The summed E-state index contributed by atoms with van der Waals surface area (Å²) in [5, 5.41) is 6.57. The number of rotatable bonds is 12. The van der Waals surface area contributed by atoms with Gasteiger partial charge in [-0.05, 0) is 84.1 Å². The van der Waals surface area contributed by atoms with Gasteiger partial charge in [0.05, 0.1) is 0 Å². The number of ether oxygens (including phenoxy) is 2. The Morgan fingerprint density at radius 1 is 1.14 bits per heavy atom. The summed E-state index contributed by atoms with van der Waals surface area (Å²) >= 11 is 0. The van der Waals surface area contributed by atoms with Gasteiger partial charge in [0.1, 0.15) is 11.2 Å². The van der Waals surface area contributed by atoms with Gasteiger partial charge in [-0.3, -0.25) is 9.59 Å². The Balaban J connectivity index is 2.51. The van der Waals surface area contributed by atoms with E-state index in [1.165, 1.54) is 0 Å². The number of hydrogen-bond acceptors (Lipinski definition) is 5. The summed E-state index contributed by atoms with van der Waals surface area (Å²) in [6.45, 7) is 16.3. The predicted molar refractivity (Wildman–Crippen MR) is 117 cm³/mol. The molecule has 1 fully saturated rings. The summed E-state index contributed by atoms with van der Waals surface area (Å²) in [5.41, 5.74) is -0.947. The van der Waals surface area contributed by atoms with E-state index in [2.05, 4.69) is 31.4 Å². The molecule has 0 aromatic heterocycles. The first-order chi connectivity index (χ1) is 13.2. The maximum absolute atomic E-state index is 12.9. The van der Waals surface area contributed by atoms with E-state index >= 15 is 0 Å². The zero-order chi connectivity index (χ0) is 22.3. The van der Waals surface area contributed by atoms with Crippen LogP contribution < -0.4 is 10.6 Å². The minimum atomic E-state index is -0.865. The van der Waals surface area contributed by atoms with Crippen molar-refractivity contribution in [3.05, 3.63) is 0 Å². The molecule has 0 heterocycles. The molecular formula is C23H44N2O4. The molecule has 0 aromatic carbocycles. The van der Waals surface area contributed by atoms with E-state index in [9.17, 15) is 9.59 Å². The van der Waals surface area contributed by atoms with Crippen molar-refractivity contribution in [1.82, 2.24) is 10.6 Å². The molecule has 0 bridgehead atoms. The number of hydrogen-bond donors (Lipinski definition) is 2. The standard InChI is InChI=1S/C23H44N2O4/c1-20(2)13-18(14-23(7,15-20)16-24-8)25-19(27)22(5,6)28-12-10-9-11-21(3,4)29-17-26/h17-18,24H,9-16H2,1-8H3,(H,25,27). The van der Waals surface area contributed by atoms with Gasteiger partial charge in [0.25, 0.3) is 12.4 Å². The van der Waals surface area contributed by atoms with E-state index in [1.807, 2.05) is 34.7 Å². The second-order valence-corrected chi connectivity index (χ2v) is 11.1. The molecule has 2 unspecified atom stereocenters. The van der Waals surface area contributed by atoms with E-state index in [0.717, 1.165) is 45.1 Å². The van der Waals surface area contributed by atoms with Crippen molar-refractivity contribution in [2.24, 2.45) is 10.8 Å². The van der Waals surface area contributed by atoms with Crippen molar-refractivity contribution >= 4 is 12.4 Å². The quantitative estimate of drug-likeness (QED) is 0.376. The number of amides is 1.